The van der Waals surface area contributed by atoms with Crippen molar-refractivity contribution in [3.05, 3.63) is 107 Å². The molecule has 41 heavy (non-hydrogen) atoms. The van der Waals surface area contributed by atoms with Gasteiger partial charge in [0.15, 0.2) is 0 Å². The van der Waals surface area contributed by atoms with Gasteiger partial charge in [-0.25, -0.2) is 4.68 Å². The van der Waals surface area contributed by atoms with Crippen molar-refractivity contribution in [2.24, 2.45) is 0 Å². The van der Waals surface area contributed by atoms with Crippen LogP contribution < -0.4 is 21.5 Å². The molecule has 2 aromatic heterocycles. The molecule has 1 aliphatic heterocycles. The predicted octanol–water partition coefficient (Wildman–Crippen LogP) is 5.37. The van der Waals surface area contributed by atoms with Crippen LogP contribution in [-0.4, -0.2) is 39.8 Å². The van der Waals surface area contributed by atoms with Crippen LogP contribution in [0.5, 0.6) is 0 Å². The highest BCUT2D eigenvalue weighted by Gasteiger charge is 2.17. The van der Waals surface area contributed by atoms with Crippen molar-refractivity contribution in [2.75, 3.05) is 18.4 Å². The maximum absolute atomic E-state index is 13.2. The first-order chi connectivity index (χ1) is 20.1. The quantitative estimate of drug-likeness (QED) is 0.255. The molecule has 8 nitrogen and oxygen atoms in total. The van der Waals surface area contributed by atoms with Crippen LogP contribution >= 0.6 is 0 Å². The minimum atomic E-state index is -0.194. The first-order valence-corrected chi connectivity index (χ1v) is 14.0. The van der Waals surface area contributed by atoms with E-state index in [-0.39, 0.29) is 17.5 Å². The third-order valence-electron chi connectivity index (χ3n) is 7.48. The van der Waals surface area contributed by atoms with Crippen LogP contribution in [0.1, 0.15) is 30.1 Å². The van der Waals surface area contributed by atoms with Crippen molar-refractivity contribution < 1.29 is 4.79 Å². The molecule has 5 aromatic rings. The molecule has 1 amide bonds. The Morgan fingerprint density at radius 2 is 1.66 bits per heavy atom. The number of carbonyl (C=O) groups is 1. The molecule has 0 atom stereocenters. The van der Waals surface area contributed by atoms with Crippen LogP contribution in [0.2, 0.25) is 0 Å². The van der Waals surface area contributed by atoms with Gasteiger partial charge in [-0.05, 0) is 92.5 Å². The fourth-order valence-corrected chi connectivity index (χ4v) is 5.28. The van der Waals surface area contributed by atoms with Gasteiger partial charge in [0.25, 0.3) is 11.5 Å². The third-order valence-corrected chi connectivity index (χ3v) is 7.48. The highest BCUT2D eigenvalue weighted by atomic mass is 16.1. The van der Waals surface area contributed by atoms with E-state index in [2.05, 4.69) is 26.0 Å². The lowest BCUT2D eigenvalue weighted by atomic mass is 9.99. The zero-order chi connectivity index (χ0) is 28.2. The molecule has 3 aromatic carbocycles. The topological polar surface area (TPSA) is 101 Å². The molecule has 1 saturated heterocycles. The maximum Gasteiger partial charge on any atom is 0.290 e. The summed E-state index contributed by atoms with van der Waals surface area (Å²) in [5.41, 5.74) is 5.99. The van der Waals surface area contributed by atoms with E-state index in [9.17, 15) is 9.59 Å². The van der Waals surface area contributed by atoms with E-state index < -0.39 is 0 Å². The predicted molar refractivity (Wildman–Crippen MR) is 163 cm³/mol. The number of hydrogen-bond donors (Lipinski definition) is 3. The van der Waals surface area contributed by atoms with Crippen molar-refractivity contribution in [2.45, 2.75) is 32.4 Å². The van der Waals surface area contributed by atoms with E-state index in [4.69, 9.17) is 0 Å². The largest absolute Gasteiger partial charge is 0.350 e. The van der Waals surface area contributed by atoms with Crippen molar-refractivity contribution in [1.82, 2.24) is 25.4 Å². The van der Waals surface area contributed by atoms with E-state index in [1.54, 1.807) is 12.3 Å². The van der Waals surface area contributed by atoms with Crippen molar-refractivity contribution >= 4 is 28.2 Å². The fourth-order valence-electron chi connectivity index (χ4n) is 5.28. The molecule has 3 heterocycles. The van der Waals surface area contributed by atoms with Gasteiger partial charge in [-0.2, -0.15) is 5.10 Å². The number of aromatic nitrogens is 3. The summed E-state index contributed by atoms with van der Waals surface area (Å²) >= 11 is 0. The Balaban J connectivity index is 1.31. The summed E-state index contributed by atoms with van der Waals surface area (Å²) in [5.74, 6) is -0.0501. The monoisotopic (exact) mass is 544 g/mol. The number of aryl methyl sites for hydroxylation is 1. The van der Waals surface area contributed by atoms with Crippen LogP contribution in [-0.2, 0) is 6.54 Å². The standard InChI is InChI=1S/C33H32N6O2/c1-2-39-33(41)31(37-29-13-5-12-28-27(29)11-6-16-35-28)21-30(38-39)24-9-3-7-22(19-24)23-8-4-10-25(20-23)32(40)36-26-14-17-34-18-15-26/h3-13,16,19-21,26,34,37H,2,14-15,17-18H2,1H3,(H,36,40). The van der Waals surface area contributed by atoms with Crippen molar-refractivity contribution in [3.8, 4) is 22.4 Å². The zero-order valence-electron chi connectivity index (χ0n) is 22.9. The molecule has 0 saturated carbocycles. The maximum atomic E-state index is 13.2. The molecule has 1 aliphatic rings. The Morgan fingerprint density at radius 3 is 2.49 bits per heavy atom. The van der Waals surface area contributed by atoms with E-state index >= 15 is 0 Å². The Hall–Kier alpha value is -4.82. The Labute approximate surface area is 238 Å². The Morgan fingerprint density at radius 1 is 0.902 bits per heavy atom. The molecule has 0 aliphatic carbocycles. The Kier molecular flexibility index (Phi) is 7.56. The Bertz CT molecular complexity index is 1770. The summed E-state index contributed by atoms with van der Waals surface area (Å²) in [7, 11) is 0. The molecule has 0 spiro atoms. The number of hydrogen-bond acceptors (Lipinski definition) is 6. The lowest BCUT2D eigenvalue weighted by molar-refractivity contribution is 0.0929. The smallest absolute Gasteiger partial charge is 0.290 e. The molecule has 206 valence electrons. The molecule has 0 radical (unpaired) electrons. The van der Waals surface area contributed by atoms with Crippen LogP contribution in [0.15, 0.2) is 95.9 Å². The number of pyridine rings is 1. The van der Waals surface area contributed by atoms with Gasteiger partial charge in [0.2, 0.25) is 0 Å². The third kappa shape index (κ3) is 5.73. The van der Waals surface area contributed by atoms with Gasteiger partial charge in [0, 0.05) is 41.0 Å². The molecule has 3 N–H and O–H groups in total. The minimum Gasteiger partial charge on any atom is -0.350 e. The number of carbonyl (C=O) groups excluding carboxylic acids is 1. The van der Waals surface area contributed by atoms with E-state index in [1.807, 2.05) is 85.8 Å². The average Bonchev–Trinajstić information content (AvgIpc) is 3.03. The number of nitrogens with zero attached hydrogens (tertiary/aromatic N) is 3. The first-order valence-electron chi connectivity index (χ1n) is 14.0. The molecule has 8 heteroatoms. The van der Waals surface area contributed by atoms with Gasteiger partial charge in [-0.3, -0.25) is 14.6 Å². The molecular weight excluding hydrogens is 512 g/mol. The summed E-state index contributed by atoms with van der Waals surface area (Å²) < 4.78 is 1.47. The zero-order valence-corrected chi connectivity index (χ0v) is 22.9. The highest BCUT2D eigenvalue weighted by Crippen LogP contribution is 2.29. The van der Waals surface area contributed by atoms with Gasteiger partial charge in [0.1, 0.15) is 5.69 Å². The molecule has 6 rings (SSSR count). The molecule has 0 bridgehead atoms. The van der Waals surface area contributed by atoms with Crippen LogP contribution in [0.3, 0.4) is 0 Å². The number of amides is 1. The average molecular weight is 545 g/mol. The fraction of sp³-hybridized carbons (Fsp3) is 0.212. The van der Waals surface area contributed by atoms with Crippen molar-refractivity contribution in [3.63, 3.8) is 0 Å². The van der Waals surface area contributed by atoms with E-state index in [0.29, 0.717) is 23.5 Å². The minimum absolute atomic E-state index is 0.0501. The summed E-state index contributed by atoms with van der Waals surface area (Å²) in [6.07, 6.45) is 3.63. The summed E-state index contributed by atoms with van der Waals surface area (Å²) in [6.45, 7) is 4.19. The van der Waals surface area contributed by atoms with Gasteiger partial charge in [0.05, 0.1) is 11.2 Å². The van der Waals surface area contributed by atoms with Crippen LogP contribution in [0.25, 0.3) is 33.3 Å². The highest BCUT2D eigenvalue weighted by molar-refractivity contribution is 5.96. The lowest BCUT2D eigenvalue weighted by Crippen LogP contribution is -2.42. The summed E-state index contributed by atoms with van der Waals surface area (Å²) in [5, 5.41) is 15.4. The number of nitrogens with one attached hydrogen (secondary N) is 3. The number of piperidine rings is 1. The summed E-state index contributed by atoms with van der Waals surface area (Å²) in [4.78, 5) is 30.6. The van der Waals surface area contributed by atoms with Gasteiger partial charge < -0.3 is 16.0 Å². The van der Waals surface area contributed by atoms with Gasteiger partial charge in [-0.15, -0.1) is 0 Å². The number of benzene rings is 3. The first kappa shape index (κ1) is 26.4. The second kappa shape index (κ2) is 11.7. The normalized spacial score (nSPS) is 13.7. The van der Waals surface area contributed by atoms with Crippen LogP contribution in [0, 0.1) is 0 Å². The second-order valence-electron chi connectivity index (χ2n) is 10.2. The van der Waals surface area contributed by atoms with Gasteiger partial charge >= 0.3 is 0 Å². The lowest BCUT2D eigenvalue weighted by Gasteiger charge is -2.23. The second-order valence-corrected chi connectivity index (χ2v) is 10.2. The number of rotatable bonds is 7. The van der Waals surface area contributed by atoms with Crippen molar-refractivity contribution in [1.29, 1.82) is 0 Å². The van der Waals surface area contributed by atoms with E-state index in [1.165, 1.54) is 4.68 Å². The van der Waals surface area contributed by atoms with Gasteiger partial charge in [-0.1, -0.05) is 36.4 Å². The van der Waals surface area contributed by atoms with Crippen LogP contribution in [0.4, 0.5) is 11.4 Å². The summed E-state index contributed by atoms with van der Waals surface area (Å²) in [6, 6.07) is 27.4. The van der Waals surface area contributed by atoms with E-state index in [0.717, 1.165) is 59.2 Å². The number of fused-ring (bicyclic) bond motifs is 1. The SMILES string of the molecule is CCn1nc(-c2cccc(-c3cccc(C(=O)NC4CCNCC4)c3)c2)cc(Nc2cccc3ncccc23)c1=O. The molecular formula is C33H32N6O2. The molecule has 0 unspecified atom stereocenters. The molecule has 1 fully saturated rings. The number of anilines is 2.